The standard InChI is InChI=1S/C19H15N3O4/c23-19(13-26-17-9-4-8-16(11-17)22(24)25)21-20-12-15-7-3-6-14-5-1-2-10-18(14)15/h1-12H,13H2,(H,21,23)/b20-12-. The zero-order valence-electron chi connectivity index (χ0n) is 13.7. The van der Waals surface area contributed by atoms with Crippen molar-refractivity contribution < 1.29 is 14.5 Å². The molecular weight excluding hydrogens is 334 g/mol. The van der Waals surface area contributed by atoms with Crippen molar-refractivity contribution in [1.82, 2.24) is 5.43 Å². The predicted molar refractivity (Wildman–Crippen MR) is 98.3 cm³/mol. The molecule has 0 aromatic heterocycles. The summed E-state index contributed by atoms with van der Waals surface area (Å²) >= 11 is 0. The Kier molecular flexibility index (Phi) is 5.19. The number of nitro benzene ring substituents is 1. The molecule has 0 aliphatic carbocycles. The molecule has 0 bridgehead atoms. The lowest BCUT2D eigenvalue weighted by Crippen LogP contribution is -2.24. The molecule has 0 fully saturated rings. The first kappa shape index (κ1) is 17.1. The quantitative estimate of drug-likeness (QED) is 0.420. The Morgan fingerprint density at radius 3 is 2.73 bits per heavy atom. The Morgan fingerprint density at radius 2 is 1.88 bits per heavy atom. The van der Waals surface area contributed by atoms with Crippen molar-refractivity contribution in [1.29, 1.82) is 0 Å². The summed E-state index contributed by atoms with van der Waals surface area (Å²) in [6.07, 6.45) is 1.56. The van der Waals surface area contributed by atoms with Crippen LogP contribution in [0.5, 0.6) is 5.75 Å². The SMILES string of the molecule is O=C(COc1cccc([N+](=O)[O-])c1)N/N=C\c1cccc2ccccc12. The normalized spacial score (nSPS) is 10.8. The minimum atomic E-state index is -0.526. The van der Waals surface area contributed by atoms with Crippen LogP contribution in [0.25, 0.3) is 10.8 Å². The van der Waals surface area contributed by atoms with Gasteiger partial charge in [0.15, 0.2) is 6.61 Å². The van der Waals surface area contributed by atoms with Gasteiger partial charge in [0.2, 0.25) is 0 Å². The van der Waals surface area contributed by atoms with Crippen molar-refractivity contribution >= 4 is 28.6 Å². The molecule has 3 aromatic rings. The van der Waals surface area contributed by atoms with Gasteiger partial charge in [-0.2, -0.15) is 5.10 Å². The number of rotatable bonds is 6. The Morgan fingerprint density at radius 1 is 1.12 bits per heavy atom. The molecule has 7 heteroatoms. The van der Waals surface area contributed by atoms with Gasteiger partial charge >= 0.3 is 0 Å². The van der Waals surface area contributed by atoms with E-state index in [1.807, 2.05) is 42.5 Å². The van der Waals surface area contributed by atoms with E-state index in [9.17, 15) is 14.9 Å². The minimum Gasteiger partial charge on any atom is -0.483 e. The highest BCUT2D eigenvalue weighted by Gasteiger charge is 2.07. The van der Waals surface area contributed by atoms with Gasteiger partial charge < -0.3 is 4.74 Å². The molecule has 0 aliphatic rings. The Hall–Kier alpha value is -3.74. The first-order chi connectivity index (χ1) is 12.6. The number of hydrazone groups is 1. The van der Waals surface area contributed by atoms with Crippen LogP contribution in [0.2, 0.25) is 0 Å². The molecular formula is C19H15N3O4. The topological polar surface area (TPSA) is 93.8 Å². The lowest BCUT2D eigenvalue weighted by atomic mass is 10.1. The number of carbonyl (C=O) groups excluding carboxylic acids is 1. The fourth-order valence-electron chi connectivity index (χ4n) is 2.40. The van der Waals surface area contributed by atoms with Crippen LogP contribution in [0.1, 0.15) is 5.56 Å². The van der Waals surface area contributed by atoms with Crippen LogP contribution in [0, 0.1) is 10.1 Å². The van der Waals surface area contributed by atoms with Gasteiger partial charge in [-0.1, -0.05) is 48.5 Å². The van der Waals surface area contributed by atoms with Crippen LogP contribution in [-0.2, 0) is 4.79 Å². The smallest absolute Gasteiger partial charge is 0.277 e. The highest BCUT2D eigenvalue weighted by Crippen LogP contribution is 2.19. The van der Waals surface area contributed by atoms with E-state index in [-0.39, 0.29) is 18.0 Å². The molecule has 7 nitrogen and oxygen atoms in total. The third-order valence-corrected chi connectivity index (χ3v) is 3.61. The van der Waals surface area contributed by atoms with Crippen LogP contribution in [0.15, 0.2) is 71.8 Å². The minimum absolute atomic E-state index is 0.100. The molecule has 3 rings (SSSR count). The molecule has 26 heavy (non-hydrogen) atoms. The molecule has 0 atom stereocenters. The number of carbonyl (C=O) groups is 1. The third kappa shape index (κ3) is 4.21. The van der Waals surface area contributed by atoms with Crippen molar-refractivity contribution in [3.63, 3.8) is 0 Å². The molecule has 0 spiro atoms. The number of nitro groups is 1. The van der Waals surface area contributed by atoms with Gasteiger partial charge in [0.05, 0.1) is 17.2 Å². The molecule has 0 saturated heterocycles. The largest absolute Gasteiger partial charge is 0.483 e. The molecule has 0 aliphatic heterocycles. The van der Waals surface area contributed by atoms with Gasteiger partial charge in [0.1, 0.15) is 5.75 Å². The number of benzene rings is 3. The number of fused-ring (bicyclic) bond motifs is 1. The molecule has 1 amide bonds. The van der Waals surface area contributed by atoms with Crippen LogP contribution in [0.3, 0.4) is 0 Å². The Balaban J connectivity index is 1.58. The van der Waals surface area contributed by atoms with Gasteiger partial charge in [0.25, 0.3) is 11.6 Å². The highest BCUT2D eigenvalue weighted by molar-refractivity contribution is 5.99. The maximum Gasteiger partial charge on any atom is 0.277 e. The Labute approximate surface area is 149 Å². The Bertz CT molecular complexity index is 980. The predicted octanol–water partition coefficient (Wildman–Crippen LogP) is 3.28. The molecule has 0 saturated carbocycles. The number of ether oxygens (including phenoxy) is 1. The monoisotopic (exact) mass is 349 g/mol. The molecule has 3 aromatic carbocycles. The van der Waals surface area contributed by atoms with Gasteiger partial charge in [0, 0.05) is 11.6 Å². The zero-order chi connectivity index (χ0) is 18.4. The van der Waals surface area contributed by atoms with Gasteiger partial charge in [-0.3, -0.25) is 14.9 Å². The first-order valence-corrected chi connectivity index (χ1v) is 7.80. The number of hydrogen-bond donors (Lipinski definition) is 1. The summed E-state index contributed by atoms with van der Waals surface area (Å²) in [6, 6.07) is 19.3. The number of nitrogens with zero attached hydrogens (tertiary/aromatic N) is 2. The summed E-state index contributed by atoms with van der Waals surface area (Å²) in [6.45, 7) is -0.298. The van der Waals surface area contributed by atoms with E-state index < -0.39 is 10.8 Å². The van der Waals surface area contributed by atoms with Crippen LogP contribution < -0.4 is 10.2 Å². The van der Waals surface area contributed by atoms with Crippen molar-refractivity contribution in [2.45, 2.75) is 0 Å². The summed E-state index contributed by atoms with van der Waals surface area (Å²) in [4.78, 5) is 22.0. The third-order valence-electron chi connectivity index (χ3n) is 3.61. The van der Waals surface area contributed by atoms with Crippen molar-refractivity contribution in [2.75, 3.05) is 6.61 Å². The van der Waals surface area contributed by atoms with E-state index in [2.05, 4.69) is 10.5 Å². The molecule has 130 valence electrons. The highest BCUT2D eigenvalue weighted by atomic mass is 16.6. The fourth-order valence-corrected chi connectivity index (χ4v) is 2.40. The van der Waals surface area contributed by atoms with E-state index >= 15 is 0 Å². The average molecular weight is 349 g/mol. The zero-order valence-corrected chi connectivity index (χ0v) is 13.7. The lowest BCUT2D eigenvalue weighted by Gasteiger charge is -2.05. The maximum atomic E-state index is 11.8. The summed E-state index contributed by atoms with van der Waals surface area (Å²) in [5.41, 5.74) is 3.15. The van der Waals surface area contributed by atoms with E-state index in [0.29, 0.717) is 0 Å². The lowest BCUT2D eigenvalue weighted by molar-refractivity contribution is -0.384. The second kappa shape index (κ2) is 7.89. The van der Waals surface area contributed by atoms with Gasteiger partial charge in [-0.05, 0) is 16.8 Å². The van der Waals surface area contributed by atoms with Crippen LogP contribution in [-0.4, -0.2) is 23.7 Å². The summed E-state index contributed by atoms with van der Waals surface area (Å²) in [7, 11) is 0. The number of amides is 1. The van der Waals surface area contributed by atoms with E-state index in [1.165, 1.54) is 18.2 Å². The second-order valence-electron chi connectivity index (χ2n) is 5.40. The van der Waals surface area contributed by atoms with Crippen molar-refractivity contribution in [3.8, 4) is 5.75 Å². The van der Waals surface area contributed by atoms with Crippen LogP contribution in [0.4, 0.5) is 5.69 Å². The van der Waals surface area contributed by atoms with Crippen molar-refractivity contribution in [2.24, 2.45) is 5.10 Å². The molecule has 0 radical (unpaired) electrons. The average Bonchev–Trinajstić information content (AvgIpc) is 2.67. The number of nitrogens with one attached hydrogen (secondary N) is 1. The molecule has 0 heterocycles. The van der Waals surface area contributed by atoms with Crippen LogP contribution >= 0.6 is 0 Å². The second-order valence-corrected chi connectivity index (χ2v) is 5.40. The van der Waals surface area contributed by atoms with E-state index in [0.717, 1.165) is 16.3 Å². The first-order valence-electron chi connectivity index (χ1n) is 7.80. The molecule has 0 unspecified atom stereocenters. The van der Waals surface area contributed by atoms with Gasteiger partial charge in [-0.25, -0.2) is 5.43 Å². The van der Waals surface area contributed by atoms with E-state index in [4.69, 9.17) is 4.74 Å². The molecule has 1 N–H and O–H groups in total. The van der Waals surface area contributed by atoms with Gasteiger partial charge in [-0.15, -0.1) is 0 Å². The number of non-ortho nitro benzene ring substituents is 1. The summed E-state index contributed by atoms with van der Waals surface area (Å²) < 4.78 is 5.24. The fraction of sp³-hybridized carbons (Fsp3) is 0.0526. The summed E-state index contributed by atoms with van der Waals surface area (Å²) in [5.74, 6) is -0.222. The maximum absolute atomic E-state index is 11.8. The number of hydrogen-bond acceptors (Lipinski definition) is 5. The van der Waals surface area contributed by atoms with E-state index in [1.54, 1.807) is 12.3 Å². The summed E-state index contributed by atoms with van der Waals surface area (Å²) in [5, 5.41) is 16.8. The van der Waals surface area contributed by atoms with Crippen molar-refractivity contribution in [3.05, 3.63) is 82.4 Å².